The van der Waals surface area contributed by atoms with Crippen molar-refractivity contribution in [3.63, 3.8) is 0 Å². The lowest BCUT2D eigenvalue weighted by atomic mass is 10.1. The Morgan fingerprint density at radius 3 is 1.90 bits per heavy atom. The van der Waals surface area contributed by atoms with E-state index in [9.17, 15) is 24.6 Å². The molecule has 10 heteroatoms. The van der Waals surface area contributed by atoms with Crippen molar-refractivity contribution >= 4 is 28.4 Å². The van der Waals surface area contributed by atoms with Crippen LogP contribution in [0.5, 0.6) is 0 Å². The molecule has 0 unspecified atom stereocenters. The highest BCUT2D eigenvalue weighted by atomic mass is 19.1. The molecule has 0 spiro atoms. The van der Waals surface area contributed by atoms with Gasteiger partial charge >= 0.3 is 0 Å². The summed E-state index contributed by atoms with van der Waals surface area (Å²) in [4.78, 5) is 19.6. The standard InChI is InChI=1S/C14H23N3O2.C6H5FN2O2.CH4/c1-2-3-4-5-6-7-10-16-12-8-9-14(17(18)19)13(15)11-12;7-4-1-2-6(9(10)11)5(8)3-4;/h8-9,11,16H,2-7,10,15H2,1H3;1-3H,8H2;1H4. The van der Waals surface area contributed by atoms with E-state index >= 15 is 0 Å². The van der Waals surface area contributed by atoms with E-state index in [0.29, 0.717) is 0 Å². The molecule has 9 nitrogen and oxygen atoms in total. The van der Waals surface area contributed by atoms with Gasteiger partial charge in [0, 0.05) is 30.4 Å². The Morgan fingerprint density at radius 2 is 1.39 bits per heavy atom. The number of unbranched alkanes of at least 4 members (excludes halogenated alkanes) is 5. The summed E-state index contributed by atoms with van der Waals surface area (Å²) in [6.45, 7) is 3.09. The summed E-state index contributed by atoms with van der Waals surface area (Å²) in [5.41, 5.74) is 11.4. The second-order valence-corrected chi connectivity index (χ2v) is 6.69. The predicted molar refractivity (Wildman–Crippen MR) is 124 cm³/mol. The van der Waals surface area contributed by atoms with E-state index in [2.05, 4.69) is 12.2 Å². The summed E-state index contributed by atoms with van der Waals surface area (Å²) in [5.74, 6) is -0.576. The molecule has 0 atom stereocenters. The number of nitrogens with one attached hydrogen (secondary N) is 1. The second kappa shape index (κ2) is 14.5. The van der Waals surface area contributed by atoms with E-state index < -0.39 is 15.7 Å². The van der Waals surface area contributed by atoms with Crippen molar-refractivity contribution in [1.29, 1.82) is 0 Å². The molecule has 2 rings (SSSR count). The van der Waals surface area contributed by atoms with Crippen LogP contribution in [-0.2, 0) is 0 Å². The number of anilines is 3. The van der Waals surface area contributed by atoms with Gasteiger partial charge in [-0.3, -0.25) is 20.2 Å². The number of nitrogens with two attached hydrogens (primary N) is 2. The molecular formula is C21H32FN5O4. The molecule has 0 saturated carbocycles. The molecule has 31 heavy (non-hydrogen) atoms. The first-order valence-electron chi connectivity index (χ1n) is 9.73. The minimum Gasteiger partial charge on any atom is -0.393 e. The molecule has 0 radical (unpaired) electrons. The molecular weight excluding hydrogens is 405 g/mol. The highest BCUT2D eigenvalue weighted by molar-refractivity contribution is 5.65. The van der Waals surface area contributed by atoms with Gasteiger partial charge < -0.3 is 16.8 Å². The van der Waals surface area contributed by atoms with Crippen molar-refractivity contribution in [2.24, 2.45) is 0 Å². The fourth-order valence-electron chi connectivity index (χ4n) is 2.66. The monoisotopic (exact) mass is 437 g/mol. The lowest BCUT2D eigenvalue weighted by Gasteiger charge is -2.07. The number of nitrogen functional groups attached to an aromatic ring is 2. The maximum absolute atomic E-state index is 12.3. The van der Waals surface area contributed by atoms with E-state index in [-0.39, 0.29) is 30.2 Å². The van der Waals surface area contributed by atoms with Crippen LogP contribution in [-0.4, -0.2) is 16.4 Å². The van der Waals surface area contributed by atoms with Crippen molar-refractivity contribution in [3.05, 3.63) is 62.4 Å². The lowest BCUT2D eigenvalue weighted by Crippen LogP contribution is -2.03. The fourth-order valence-corrected chi connectivity index (χ4v) is 2.66. The summed E-state index contributed by atoms with van der Waals surface area (Å²) in [5, 5.41) is 24.0. The Balaban J connectivity index is 0.000000640. The van der Waals surface area contributed by atoms with Gasteiger partial charge in [-0.25, -0.2) is 4.39 Å². The van der Waals surface area contributed by atoms with Gasteiger partial charge in [-0.2, -0.15) is 0 Å². The first-order valence-corrected chi connectivity index (χ1v) is 9.73. The predicted octanol–water partition coefficient (Wildman–Crippen LogP) is 5.90. The van der Waals surface area contributed by atoms with Crippen LogP contribution in [0.4, 0.5) is 32.8 Å². The van der Waals surface area contributed by atoms with E-state index in [4.69, 9.17) is 11.5 Å². The minimum atomic E-state index is -0.658. The van der Waals surface area contributed by atoms with Gasteiger partial charge in [0.05, 0.1) is 9.85 Å². The average Bonchev–Trinajstić information content (AvgIpc) is 2.67. The van der Waals surface area contributed by atoms with E-state index in [1.54, 1.807) is 12.1 Å². The molecule has 0 amide bonds. The number of nitro benzene ring substituents is 2. The number of nitrogens with zero attached hydrogens (tertiary/aromatic N) is 2. The summed E-state index contributed by atoms with van der Waals surface area (Å²) in [6, 6.07) is 7.71. The maximum atomic E-state index is 12.3. The van der Waals surface area contributed by atoms with E-state index in [1.807, 2.05) is 0 Å². The molecule has 0 fully saturated rings. The van der Waals surface area contributed by atoms with Crippen LogP contribution in [0.15, 0.2) is 36.4 Å². The molecule has 0 aliphatic rings. The quantitative estimate of drug-likeness (QED) is 0.181. The Bertz CT molecular complexity index is 849. The number of hydrogen-bond donors (Lipinski definition) is 3. The Labute approximate surface area is 181 Å². The SMILES string of the molecule is C.CCCCCCCCNc1ccc([N+](=O)[O-])c(N)c1.Nc1cc(F)ccc1[N+](=O)[O-]. The molecule has 5 N–H and O–H groups in total. The third-order valence-corrected chi connectivity index (χ3v) is 4.27. The lowest BCUT2D eigenvalue weighted by molar-refractivity contribution is -0.384. The molecule has 172 valence electrons. The van der Waals surface area contributed by atoms with Crippen LogP contribution in [0.25, 0.3) is 0 Å². The first-order chi connectivity index (χ1) is 14.3. The Morgan fingerprint density at radius 1 is 0.871 bits per heavy atom. The molecule has 0 bridgehead atoms. The molecule has 0 aromatic heterocycles. The molecule has 0 saturated heterocycles. The first kappa shape index (κ1) is 27.6. The van der Waals surface area contributed by atoms with Crippen LogP contribution in [0.3, 0.4) is 0 Å². The van der Waals surface area contributed by atoms with Crippen LogP contribution in [0.1, 0.15) is 52.9 Å². The van der Waals surface area contributed by atoms with Crippen molar-refractivity contribution in [2.45, 2.75) is 52.9 Å². The Hall–Kier alpha value is -3.43. The normalized spacial score (nSPS) is 9.74. The van der Waals surface area contributed by atoms with E-state index in [0.717, 1.165) is 36.9 Å². The van der Waals surface area contributed by atoms with Crippen LogP contribution < -0.4 is 16.8 Å². The van der Waals surface area contributed by atoms with Gasteiger partial charge in [0.15, 0.2) is 0 Å². The zero-order valence-electron chi connectivity index (χ0n) is 17.0. The number of nitro groups is 2. The number of hydrogen-bond acceptors (Lipinski definition) is 7. The summed E-state index contributed by atoms with van der Waals surface area (Å²) >= 11 is 0. The highest BCUT2D eigenvalue weighted by Gasteiger charge is 2.11. The van der Waals surface area contributed by atoms with Gasteiger partial charge in [0.2, 0.25) is 0 Å². The average molecular weight is 438 g/mol. The molecule has 0 aliphatic heterocycles. The van der Waals surface area contributed by atoms with Crippen molar-refractivity contribution in [1.82, 2.24) is 0 Å². The minimum absolute atomic E-state index is 0. The van der Waals surface area contributed by atoms with Gasteiger partial charge in [-0.05, 0) is 24.6 Å². The number of halogens is 1. The van der Waals surface area contributed by atoms with Gasteiger partial charge in [0.25, 0.3) is 11.4 Å². The van der Waals surface area contributed by atoms with Crippen molar-refractivity contribution in [2.75, 3.05) is 23.3 Å². The number of benzene rings is 2. The third-order valence-electron chi connectivity index (χ3n) is 4.27. The molecule has 2 aromatic rings. The summed E-state index contributed by atoms with van der Waals surface area (Å²) < 4.78 is 12.3. The molecule has 0 heterocycles. The van der Waals surface area contributed by atoms with Gasteiger partial charge in [0.1, 0.15) is 17.2 Å². The van der Waals surface area contributed by atoms with Gasteiger partial charge in [-0.1, -0.05) is 46.5 Å². The third kappa shape index (κ3) is 10.2. The zero-order chi connectivity index (χ0) is 22.5. The molecule has 0 aliphatic carbocycles. The largest absolute Gasteiger partial charge is 0.393 e. The maximum Gasteiger partial charge on any atom is 0.292 e. The van der Waals surface area contributed by atoms with Crippen molar-refractivity contribution < 1.29 is 14.2 Å². The highest BCUT2D eigenvalue weighted by Crippen LogP contribution is 2.24. The van der Waals surface area contributed by atoms with Crippen molar-refractivity contribution in [3.8, 4) is 0 Å². The van der Waals surface area contributed by atoms with Crippen LogP contribution in [0.2, 0.25) is 0 Å². The molecule has 2 aromatic carbocycles. The topological polar surface area (TPSA) is 150 Å². The number of rotatable bonds is 10. The summed E-state index contributed by atoms with van der Waals surface area (Å²) in [6.07, 6.45) is 7.49. The summed E-state index contributed by atoms with van der Waals surface area (Å²) in [7, 11) is 0. The zero-order valence-corrected chi connectivity index (χ0v) is 17.0. The van der Waals surface area contributed by atoms with Crippen LogP contribution in [0, 0.1) is 26.0 Å². The van der Waals surface area contributed by atoms with Gasteiger partial charge in [-0.15, -0.1) is 0 Å². The van der Waals surface area contributed by atoms with E-state index in [1.165, 1.54) is 38.2 Å². The Kier molecular flexibility index (Phi) is 12.9. The van der Waals surface area contributed by atoms with Crippen LogP contribution >= 0.6 is 0 Å². The second-order valence-electron chi connectivity index (χ2n) is 6.69. The fraction of sp³-hybridized carbons (Fsp3) is 0.429. The smallest absolute Gasteiger partial charge is 0.292 e.